The van der Waals surface area contributed by atoms with Crippen LogP contribution in [0.15, 0.2) is 24.5 Å². The maximum atomic E-state index is 13.0. The van der Waals surface area contributed by atoms with Crippen LogP contribution in [-0.2, 0) is 9.53 Å². The van der Waals surface area contributed by atoms with Gasteiger partial charge in [-0.15, -0.1) is 0 Å². The summed E-state index contributed by atoms with van der Waals surface area (Å²) in [6.07, 6.45) is 6.52. The van der Waals surface area contributed by atoms with E-state index >= 15 is 0 Å². The molecule has 2 aliphatic heterocycles. The van der Waals surface area contributed by atoms with Gasteiger partial charge in [0.05, 0.1) is 5.92 Å². The third-order valence-corrected chi connectivity index (χ3v) is 5.13. The molecule has 7 nitrogen and oxygen atoms in total. The van der Waals surface area contributed by atoms with Gasteiger partial charge in [-0.05, 0) is 45.7 Å². The van der Waals surface area contributed by atoms with Crippen LogP contribution < -0.4 is 4.74 Å². The molecular weight excluding hydrogens is 358 g/mol. The van der Waals surface area contributed by atoms with E-state index in [4.69, 9.17) is 9.47 Å². The Balaban J connectivity index is 1.48. The maximum absolute atomic E-state index is 13.0. The largest absolute Gasteiger partial charge is 0.490 e. The van der Waals surface area contributed by atoms with Gasteiger partial charge >= 0.3 is 6.09 Å². The van der Waals surface area contributed by atoms with Gasteiger partial charge in [-0.25, -0.2) is 4.79 Å². The highest BCUT2D eigenvalue weighted by molar-refractivity contribution is 5.80. The Kier molecular flexibility index (Phi) is 6.42. The molecule has 3 rings (SSSR count). The fourth-order valence-electron chi connectivity index (χ4n) is 3.73. The molecule has 154 valence electrons. The van der Waals surface area contributed by atoms with Crippen LogP contribution in [-0.4, -0.2) is 64.7 Å². The van der Waals surface area contributed by atoms with E-state index in [2.05, 4.69) is 4.98 Å². The molecule has 1 atom stereocenters. The molecule has 0 bridgehead atoms. The molecule has 28 heavy (non-hydrogen) atoms. The molecule has 0 saturated carbocycles. The smallest absolute Gasteiger partial charge is 0.410 e. The summed E-state index contributed by atoms with van der Waals surface area (Å²) < 4.78 is 11.4. The van der Waals surface area contributed by atoms with E-state index in [-0.39, 0.29) is 24.0 Å². The minimum Gasteiger partial charge on any atom is -0.490 e. The highest BCUT2D eigenvalue weighted by Crippen LogP contribution is 2.24. The van der Waals surface area contributed by atoms with E-state index in [1.807, 2.05) is 37.8 Å². The molecule has 2 saturated heterocycles. The first-order chi connectivity index (χ1) is 13.3. The zero-order chi connectivity index (χ0) is 20.1. The molecule has 2 fully saturated rings. The normalized spacial score (nSPS) is 21.3. The number of carbonyl (C=O) groups is 2. The molecule has 0 aromatic carbocycles. The summed E-state index contributed by atoms with van der Waals surface area (Å²) in [6, 6.07) is 3.70. The second kappa shape index (κ2) is 8.80. The molecule has 0 N–H and O–H groups in total. The molecule has 0 aliphatic carbocycles. The predicted octanol–water partition coefficient (Wildman–Crippen LogP) is 3.10. The molecule has 2 aliphatic rings. The summed E-state index contributed by atoms with van der Waals surface area (Å²) in [5, 5.41) is 0. The number of nitrogens with zero attached hydrogens (tertiary/aromatic N) is 3. The summed E-state index contributed by atoms with van der Waals surface area (Å²) in [6.45, 7) is 8.05. The lowest BCUT2D eigenvalue weighted by atomic mass is 9.95. The molecule has 0 radical (unpaired) electrons. The van der Waals surface area contributed by atoms with Gasteiger partial charge in [0.1, 0.15) is 17.5 Å². The summed E-state index contributed by atoms with van der Waals surface area (Å²) in [5.41, 5.74) is -0.523. The number of ether oxygens (including phenoxy) is 2. The van der Waals surface area contributed by atoms with Gasteiger partial charge < -0.3 is 19.3 Å². The summed E-state index contributed by atoms with van der Waals surface area (Å²) in [4.78, 5) is 32.9. The molecule has 3 heterocycles. The Labute approximate surface area is 167 Å². The van der Waals surface area contributed by atoms with Crippen molar-refractivity contribution in [1.29, 1.82) is 0 Å². The summed E-state index contributed by atoms with van der Waals surface area (Å²) >= 11 is 0. The van der Waals surface area contributed by atoms with Crippen LogP contribution in [0.25, 0.3) is 0 Å². The van der Waals surface area contributed by atoms with Gasteiger partial charge in [-0.2, -0.15) is 0 Å². The number of likely N-dealkylation sites (tertiary alicyclic amines) is 2. The number of carbonyl (C=O) groups excluding carboxylic acids is 2. The quantitative estimate of drug-likeness (QED) is 0.794. The number of amides is 2. The average molecular weight is 389 g/mol. The van der Waals surface area contributed by atoms with E-state index in [0.717, 1.165) is 31.4 Å². The van der Waals surface area contributed by atoms with E-state index in [9.17, 15) is 9.59 Å². The number of hydrogen-bond acceptors (Lipinski definition) is 5. The fraction of sp³-hybridized carbons (Fsp3) is 0.667. The first-order valence-electron chi connectivity index (χ1n) is 10.2. The Hall–Kier alpha value is -2.31. The minimum atomic E-state index is -0.523. The topological polar surface area (TPSA) is 72.0 Å². The lowest BCUT2D eigenvalue weighted by Crippen LogP contribution is -2.50. The van der Waals surface area contributed by atoms with E-state index < -0.39 is 5.60 Å². The predicted molar refractivity (Wildman–Crippen MR) is 105 cm³/mol. The molecule has 0 spiro atoms. The standard InChI is InChI=1S/C21H31N3O4/c1-21(2,3)28-20(26)24-12-4-5-16(15-24)19(25)23-13-8-18(9-14-23)27-17-6-10-22-11-7-17/h6-7,10-11,16,18H,4-5,8-9,12-15H2,1-3H3/t16-/m1/s1. The first kappa shape index (κ1) is 20.4. The highest BCUT2D eigenvalue weighted by atomic mass is 16.6. The highest BCUT2D eigenvalue weighted by Gasteiger charge is 2.34. The van der Waals surface area contributed by atoms with Crippen molar-refractivity contribution in [2.75, 3.05) is 26.2 Å². The van der Waals surface area contributed by atoms with Crippen molar-refractivity contribution < 1.29 is 19.1 Å². The first-order valence-corrected chi connectivity index (χ1v) is 10.2. The molecular formula is C21H31N3O4. The van der Waals surface area contributed by atoms with Crippen LogP contribution in [0, 0.1) is 5.92 Å². The lowest BCUT2D eigenvalue weighted by Gasteiger charge is -2.38. The third-order valence-electron chi connectivity index (χ3n) is 5.13. The van der Waals surface area contributed by atoms with E-state index in [1.54, 1.807) is 17.3 Å². The van der Waals surface area contributed by atoms with Crippen LogP contribution in [0.5, 0.6) is 5.75 Å². The van der Waals surface area contributed by atoms with Crippen LogP contribution in [0.2, 0.25) is 0 Å². The van der Waals surface area contributed by atoms with Crippen molar-refractivity contribution in [1.82, 2.24) is 14.8 Å². The lowest BCUT2D eigenvalue weighted by molar-refractivity contribution is -0.139. The second-order valence-electron chi connectivity index (χ2n) is 8.59. The van der Waals surface area contributed by atoms with Crippen molar-refractivity contribution in [2.24, 2.45) is 5.92 Å². The van der Waals surface area contributed by atoms with Crippen LogP contribution in [0.4, 0.5) is 4.79 Å². The van der Waals surface area contributed by atoms with Crippen molar-refractivity contribution in [3.8, 4) is 5.75 Å². The SMILES string of the molecule is CC(C)(C)OC(=O)N1CCC[C@@H](C(=O)N2CCC(Oc3ccncc3)CC2)C1. The summed E-state index contributed by atoms with van der Waals surface area (Å²) in [5.74, 6) is 0.828. The monoisotopic (exact) mass is 389 g/mol. The van der Waals surface area contributed by atoms with Crippen molar-refractivity contribution in [3.05, 3.63) is 24.5 Å². The number of piperidine rings is 2. The number of hydrogen-bond donors (Lipinski definition) is 0. The fourth-order valence-corrected chi connectivity index (χ4v) is 3.73. The maximum Gasteiger partial charge on any atom is 0.410 e. The molecule has 7 heteroatoms. The molecule has 1 aromatic heterocycles. The average Bonchev–Trinajstić information content (AvgIpc) is 2.68. The second-order valence-corrected chi connectivity index (χ2v) is 8.59. The zero-order valence-electron chi connectivity index (χ0n) is 17.1. The Morgan fingerprint density at radius 3 is 2.36 bits per heavy atom. The van der Waals surface area contributed by atoms with Gasteiger partial charge in [0.2, 0.25) is 5.91 Å². The van der Waals surface area contributed by atoms with Gasteiger partial charge in [0.15, 0.2) is 0 Å². The van der Waals surface area contributed by atoms with Gasteiger partial charge in [0, 0.05) is 51.4 Å². The van der Waals surface area contributed by atoms with E-state index in [1.165, 1.54) is 0 Å². The Bertz CT molecular complexity index is 666. The van der Waals surface area contributed by atoms with Gasteiger partial charge in [-0.3, -0.25) is 9.78 Å². The Morgan fingerprint density at radius 1 is 1.04 bits per heavy atom. The van der Waals surface area contributed by atoms with Crippen LogP contribution >= 0.6 is 0 Å². The van der Waals surface area contributed by atoms with Crippen molar-refractivity contribution in [3.63, 3.8) is 0 Å². The molecule has 1 aromatic rings. The molecule has 0 unspecified atom stereocenters. The van der Waals surface area contributed by atoms with Gasteiger partial charge in [0.25, 0.3) is 0 Å². The van der Waals surface area contributed by atoms with Gasteiger partial charge in [-0.1, -0.05) is 0 Å². The summed E-state index contributed by atoms with van der Waals surface area (Å²) in [7, 11) is 0. The Morgan fingerprint density at radius 2 is 1.71 bits per heavy atom. The zero-order valence-corrected chi connectivity index (χ0v) is 17.1. The van der Waals surface area contributed by atoms with Crippen LogP contribution in [0.3, 0.4) is 0 Å². The van der Waals surface area contributed by atoms with Crippen molar-refractivity contribution >= 4 is 12.0 Å². The number of aromatic nitrogens is 1. The van der Waals surface area contributed by atoms with E-state index in [0.29, 0.717) is 26.2 Å². The third kappa shape index (κ3) is 5.59. The molecule has 2 amide bonds. The minimum absolute atomic E-state index is 0.121. The van der Waals surface area contributed by atoms with Crippen molar-refractivity contribution in [2.45, 2.75) is 58.2 Å². The van der Waals surface area contributed by atoms with Crippen LogP contribution in [0.1, 0.15) is 46.5 Å². The number of rotatable bonds is 3. The number of pyridine rings is 1.